The van der Waals surface area contributed by atoms with Crippen molar-refractivity contribution < 1.29 is 0 Å². The number of nitrogens with zero attached hydrogens (tertiary/aromatic N) is 2. The molecule has 12 rings (SSSR count). The van der Waals surface area contributed by atoms with Crippen molar-refractivity contribution in [1.29, 1.82) is 0 Å². The molecule has 0 N–H and O–H groups in total. The summed E-state index contributed by atoms with van der Waals surface area (Å²) in [5, 5.41) is 5.18. The Morgan fingerprint density at radius 2 is 0.817 bits per heavy atom. The minimum absolute atomic E-state index is 1.10. The number of para-hydroxylation sites is 3. The zero-order valence-electron chi connectivity index (χ0n) is 32.8. The highest BCUT2D eigenvalue weighted by Crippen LogP contribution is 2.49. The van der Waals surface area contributed by atoms with E-state index in [-0.39, 0.29) is 0 Å². The van der Waals surface area contributed by atoms with Gasteiger partial charge in [-0.2, -0.15) is 0 Å². The molecular formula is C58H38N2. The van der Waals surface area contributed by atoms with E-state index in [1.807, 2.05) is 0 Å². The summed E-state index contributed by atoms with van der Waals surface area (Å²) < 4.78 is 2.38. The van der Waals surface area contributed by atoms with Crippen molar-refractivity contribution in [3.8, 4) is 61.3 Å². The lowest BCUT2D eigenvalue weighted by atomic mass is 9.93. The Morgan fingerprint density at radius 3 is 1.55 bits per heavy atom. The Kier molecular flexibility index (Phi) is 7.89. The lowest BCUT2D eigenvalue weighted by Gasteiger charge is -2.27. The summed E-state index contributed by atoms with van der Waals surface area (Å²) >= 11 is 0. The molecule has 1 heterocycles. The van der Waals surface area contributed by atoms with Gasteiger partial charge in [0.05, 0.1) is 11.0 Å². The summed E-state index contributed by atoms with van der Waals surface area (Å²) in [6, 6.07) is 84.1. The first kappa shape index (κ1) is 34.1. The predicted molar refractivity (Wildman–Crippen MR) is 254 cm³/mol. The zero-order chi connectivity index (χ0) is 39.6. The van der Waals surface area contributed by atoms with Crippen LogP contribution >= 0.6 is 0 Å². The molecule has 0 fully saturated rings. The topological polar surface area (TPSA) is 8.17 Å². The molecule has 2 nitrogen and oxygen atoms in total. The van der Waals surface area contributed by atoms with Crippen LogP contribution < -0.4 is 4.90 Å². The molecule has 0 spiro atoms. The van der Waals surface area contributed by atoms with Gasteiger partial charge in [-0.25, -0.2) is 0 Å². The molecule has 0 saturated heterocycles. The van der Waals surface area contributed by atoms with Crippen LogP contribution in [0.3, 0.4) is 0 Å². The van der Waals surface area contributed by atoms with E-state index in [1.54, 1.807) is 0 Å². The lowest BCUT2D eigenvalue weighted by molar-refractivity contribution is 1.18. The van der Waals surface area contributed by atoms with E-state index in [0.717, 1.165) is 22.7 Å². The fourth-order valence-electron chi connectivity index (χ4n) is 9.59. The highest BCUT2D eigenvalue weighted by atomic mass is 15.1. The largest absolute Gasteiger partial charge is 0.310 e. The monoisotopic (exact) mass is 762 g/mol. The number of hydrogen-bond donors (Lipinski definition) is 0. The van der Waals surface area contributed by atoms with Gasteiger partial charge in [0.2, 0.25) is 0 Å². The molecule has 60 heavy (non-hydrogen) atoms. The van der Waals surface area contributed by atoms with E-state index < -0.39 is 0 Å². The lowest BCUT2D eigenvalue weighted by Crippen LogP contribution is -2.10. The van der Waals surface area contributed by atoms with E-state index in [0.29, 0.717) is 0 Å². The fourth-order valence-corrected chi connectivity index (χ4v) is 9.59. The van der Waals surface area contributed by atoms with Gasteiger partial charge in [0, 0.05) is 33.5 Å². The highest BCUT2D eigenvalue weighted by Gasteiger charge is 2.22. The van der Waals surface area contributed by atoms with Crippen molar-refractivity contribution in [2.75, 3.05) is 4.90 Å². The van der Waals surface area contributed by atoms with Crippen molar-refractivity contribution in [2.24, 2.45) is 0 Å². The van der Waals surface area contributed by atoms with Crippen LogP contribution in [0.15, 0.2) is 231 Å². The molecule has 0 amide bonds. The van der Waals surface area contributed by atoms with E-state index in [2.05, 4.69) is 240 Å². The second-order valence-electron chi connectivity index (χ2n) is 15.7. The van der Waals surface area contributed by atoms with E-state index >= 15 is 0 Å². The van der Waals surface area contributed by atoms with Gasteiger partial charge in [-0.1, -0.05) is 164 Å². The van der Waals surface area contributed by atoms with Crippen molar-refractivity contribution >= 4 is 49.6 Å². The van der Waals surface area contributed by atoms with E-state index in [1.165, 1.54) is 88.2 Å². The minimum atomic E-state index is 1.10. The number of anilines is 3. The Morgan fingerprint density at radius 1 is 0.283 bits per heavy atom. The van der Waals surface area contributed by atoms with Crippen molar-refractivity contribution in [1.82, 2.24) is 4.57 Å². The van der Waals surface area contributed by atoms with Crippen LogP contribution in [-0.4, -0.2) is 4.57 Å². The number of fused-ring (bicyclic) bond motifs is 6. The average molecular weight is 763 g/mol. The molecule has 0 bridgehead atoms. The van der Waals surface area contributed by atoms with Crippen molar-refractivity contribution in [2.45, 2.75) is 0 Å². The third-order valence-corrected chi connectivity index (χ3v) is 12.3. The molecule has 1 aliphatic carbocycles. The summed E-state index contributed by atoms with van der Waals surface area (Å²) in [4.78, 5) is 2.38. The van der Waals surface area contributed by atoms with Gasteiger partial charge in [-0.05, 0) is 133 Å². The van der Waals surface area contributed by atoms with Gasteiger partial charge < -0.3 is 9.47 Å². The van der Waals surface area contributed by atoms with Crippen LogP contribution in [0.4, 0.5) is 17.1 Å². The summed E-state index contributed by atoms with van der Waals surface area (Å²) in [5.74, 6) is 0. The van der Waals surface area contributed by atoms with Gasteiger partial charge in [0.15, 0.2) is 0 Å². The molecule has 280 valence electrons. The van der Waals surface area contributed by atoms with Gasteiger partial charge in [0.1, 0.15) is 0 Å². The number of rotatable bonds is 7. The first-order chi connectivity index (χ1) is 29.8. The summed E-state index contributed by atoms with van der Waals surface area (Å²) in [5.41, 5.74) is 19.2. The van der Waals surface area contributed by atoms with E-state index in [9.17, 15) is 0 Å². The summed E-state index contributed by atoms with van der Waals surface area (Å²) in [7, 11) is 0. The Labute approximate surface area is 349 Å². The van der Waals surface area contributed by atoms with Crippen LogP contribution in [0, 0.1) is 0 Å². The molecule has 1 aliphatic rings. The third-order valence-electron chi connectivity index (χ3n) is 12.3. The summed E-state index contributed by atoms with van der Waals surface area (Å²) in [6.45, 7) is 0. The average Bonchev–Trinajstić information content (AvgIpc) is 3.83. The Bertz CT molecular complexity index is 3360. The maximum Gasteiger partial charge on any atom is 0.0541 e. The Hall–Kier alpha value is -7.94. The second kappa shape index (κ2) is 13.9. The second-order valence-corrected chi connectivity index (χ2v) is 15.7. The van der Waals surface area contributed by atoms with Crippen LogP contribution in [0.1, 0.15) is 0 Å². The smallest absolute Gasteiger partial charge is 0.0541 e. The maximum atomic E-state index is 2.38. The van der Waals surface area contributed by atoms with Crippen LogP contribution in [0.2, 0.25) is 0 Å². The first-order valence-electron chi connectivity index (χ1n) is 20.7. The fraction of sp³-hybridized carbons (Fsp3) is 0. The molecule has 10 aromatic carbocycles. The molecule has 11 aromatic rings. The van der Waals surface area contributed by atoms with Crippen molar-refractivity contribution in [3.63, 3.8) is 0 Å². The molecule has 0 aliphatic heterocycles. The van der Waals surface area contributed by atoms with E-state index in [4.69, 9.17) is 0 Å². The molecule has 0 unspecified atom stereocenters. The Balaban J connectivity index is 0.962. The van der Waals surface area contributed by atoms with Crippen LogP contribution in [0.5, 0.6) is 0 Å². The van der Waals surface area contributed by atoms with Gasteiger partial charge in [0.25, 0.3) is 0 Å². The number of hydrogen-bond acceptors (Lipinski definition) is 1. The van der Waals surface area contributed by atoms with Crippen LogP contribution in [-0.2, 0) is 0 Å². The molecule has 0 radical (unpaired) electrons. The molecule has 0 atom stereocenters. The molecule has 1 aromatic heterocycles. The molecule has 0 saturated carbocycles. The highest BCUT2D eigenvalue weighted by molar-refractivity contribution is 6.15. The predicted octanol–water partition coefficient (Wildman–Crippen LogP) is 16.1. The molecule has 2 heteroatoms. The number of benzene rings is 10. The first-order valence-corrected chi connectivity index (χ1v) is 20.7. The van der Waals surface area contributed by atoms with Gasteiger partial charge in [-0.3, -0.25) is 0 Å². The van der Waals surface area contributed by atoms with Crippen molar-refractivity contribution in [3.05, 3.63) is 231 Å². The summed E-state index contributed by atoms with van der Waals surface area (Å²) in [6.07, 6.45) is 0. The third kappa shape index (κ3) is 5.50. The molecular weight excluding hydrogens is 725 g/mol. The number of aromatic nitrogens is 1. The normalized spacial score (nSPS) is 11.7. The maximum absolute atomic E-state index is 2.38. The van der Waals surface area contributed by atoms with Crippen LogP contribution in [0.25, 0.3) is 93.9 Å². The standard InChI is InChI=1S/C58H38N2/c1-3-14-39(15-4-1)54-38-47(33-35-48(54)40-28-31-45(32-29-40)60-56-26-9-7-22-50(56)51-23-8-10-27-57(51)60)59(44-19-5-2-6-20-44)46-21-11-18-42(36-46)43-30-34-49-52-24-12-16-41-17-13-25-53(58(41)52)55(49)37-43/h1-38H. The minimum Gasteiger partial charge on any atom is -0.310 e. The van der Waals surface area contributed by atoms with Gasteiger partial charge >= 0.3 is 0 Å². The SMILES string of the molecule is c1ccc(-c2cc(N(c3ccccc3)c3cccc(-c4ccc5c(c4)-c4cccc6cccc-5c46)c3)ccc2-c2ccc(-n3c4ccccc4c4ccccc43)cc2)cc1. The quantitative estimate of drug-likeness (QED) is 0.157. The zero-order valence-corrected chi connectivity index (χ0v) is 32.8. The van der Waals surface area contributed by atoms with Gasteiger partial charge in [-0.15, -0.1) is 0 Å².